The topological polar surface area (TPSA) is 127 Å². The highest BCUT2D eigenvalue weighted by Gasteiger charge is 2.18. The van der Waals surface area contributed by atoms with Gasteiger partial charge < -0.3 is 4.74 Å². The van der Waals surface area contributed by atoms with Crippen molar-refractivity contribution in [2.24, 2.45) is 5.10 Å². The average Bonchev–Trinajstić information content (AvgIpc) is 2.77. The number of hydrogen-bond acceptors (Lipinski definition) is 7. The maximum Gasteiger partial charge on any atom is 0.262 e. The Labute approximate surface area is 180 Å². The summed E-state index contributed by atoms with van der Waals surface area (Å²) in [6.45, 7) is 1.66. The molecule has 0 saturated heterocycles. The van der Waals surface area contributed by atoms with Crippen LogP contribution in [0.4, 0.5) is 11.4 Å². The molecule has 3 rings (SSSR count). The number of nitrogens with one attached hydrogen (secondary N) is 2. The van der Waals surface area contributed by atoms with Crippen LogP contribution in [0.1, 0.15) is 5.56 Å². The molecule has 0 heterocycles. The molecular weight excluding hydrogens is 414 g/mol. The molecule has 8 nitrogen and oxygen atoms in total. The summed E-state index contributed by atoms with van der Waals surface area (Å²) in [4.78, 5) is 0.0350. The van der Waals surface area contributed by atoms with E-state index in [0.717, 1.165) is 0 Å². The fraction of sp³-hybridized carbons (Fsp3) is 0.0455. The van der Waals surface area contributed by atoms with Crippen LogP contribution in [0.3, 0.4) is 0 Å². The zero-order valence-electron chi connectivity index (χ0n) is 16.4. The molecule has 154 valence electrons. The Bertz CT molecular complexity index is 1270. The SMILES string of the molecule is Cc1ccc(NN=C(C#N)C#N)cc1S(=O)(=O)Nc1ccc(Oc2ccccc2)cc1. The van der Waals surface area contributed by atoms with Crippen molar-refractivity contribution in [3.63, 3.8) is 0 Å². The zero-order valence-corrected chi connectivity index (χ0v) is 17.2. The average molecular weight is 431 g/mol. The van der Waals surface area contributed by atoms with Gasteiger partial charge in [0.25, 0.3) is 10.0 Å². The minimum absolute atomic E-state index is 0.0350. The van der Waals surface area contributed by atoms with Gasteiger partial charge >= 0.3 is 0 Å². The van der Waals surface area contributed by atoms with Crippen molar-refractivity contribution in [3.05, 3.63) is 78.4 Å². The Kier molecular flexibility index (Phi) is 6.51. The van der Waals surface area contributed by atoms with Crippen molar-refractivity contribution in [2.45, 2.75) is 11.8 Å². The van der Waals surface area contributed by atoms with Crippen molar-refractivity contribution >= 4 is 27.1 Å². The summed E-state index contributed by atoms with van der Waals surface area (Å²) in [7, 11) is -3.90. The first-order valence-electron chi connectivity index (χ1n) is 9.01. The lowest BCUT2D eigenvalue weighted by Crippen LogP contribution is -2.14. The standard InChI is InChI=1S/C22H17N5O3S/c1-16-7-8-18(25-26-19(14-23)15-24)13-22(16)31(28,29)27-17-9-11-21(12-10-17)30-20-5-3-2-4-6-20/h2-13,25,27H,1H3. The van der Waals surface area contributed by atoms with E-state index in [4.69, 9.17) is 15.3 Å². The number of para-hydroxylation sites is 1. The van der Waals surface area contributed by atoms with Crippen LogP contribution >= 0.6 is 0 Å². The highest BCUT2D eigenvalue weighted by Crippen LogP contribution is 2.26. The van der Waals surface area contributed by atoms with Gasteiger partial charge in [-0.2, -0.15) is 15.6 Å². The smallest absolute Gasteiger partial charge is 0.262 e. The molecule has 0 amide bonds. The minimum atomic E-state index is -3.90. The van der Waals surface area contributed by atoms with Crippen LogP contribution in [-0.4, -0.2) is 14.1 Å². The number of sulfonamides is 1. The van der Waals surface area contributed by atoms with E-state index in [-0.39, 0.29) is 10.6 Å². The van der Waals surface area contributed by atoms with Gasteiger partial charge in [-0.3, -0.25) is 10.1 Å². The van der Waals surface area contributed by atoms with E-state index in [1.807, 2.05) is 30.3 Å². The molecule has 31 heavy (non-hydrogen) atoms. The monoisotopic (exact) mass is 431 g/mol. The lowest BCUT2D eigenvalue weighted by Gasteiger charge is -2.12. The fourth-order valence-corrected chi connectivity index (χ4v) is 3.91. The summed E-state index contributed by atoms with van der Waals surface area (Å²) in [5, 5.41) is 21.1. The predicted octanol–water partition coefficient (Wildman–Crippen LogP) is 4.40. The Hall–Kier alpha value is -4.34. The van der Waals surface area contributed by atoms with Gasteiger partial charge in [-0.1, -0.05) is 24.3 Å². The summed E-state index contributed by atoms with van der Waals surface area (Å²) in [5.41, 5.74) is 3.35. The first kappa shape index (κ1) is 21.4. The number of aryl methyl sites for hydroxylation is 1. The largest absolute Gasteiger partial charge is 0.457 e. The third kappa shape index (κ3) is 5.60. The number of rotatable bonds is 7. The van der Waals surface area contributed by atoms with Gasteiger partial charge in [0.1, 0.15) is 23.6 Å². The van der Waals surface area contributed by atoms with Crippen molar-refractivity contribution < 1.29 is 13.2 Å². The van der Waals surface area contributed by atoms with Gasteiger partial charge in [-0.25, -0.2) is 8.42 Å². The molecule has 3 aromatic carbocycles. The Balaban J connectivity index is 1.77. The minimum Gasteiger partial charge on any atom is -0.457 e. The third-order valence-electron chi connectivity index (χ3n) is 4.07. The fourth-order valence-electron chi connectivity index (χ4n) is 2.58. The zero-order chi connectivity index (χ0) is 22.3. The molecule has 0 radical (unpaired) electrons. The molecule has 0 fully saturated rings. The molecule has 0 saturated carbocycles. The number of anilines is 2. The van der Waals surface area contributed by atoms with Gasteiger partial charge in [0, 0.05) is 5.69 Å². The highest BCUT2D eigenvalue weighted by molar-refractivity contribution is 7.92. The second-order valence-corrected chi connectivity index (χ2v) is 7.97. The van der Waals surface area contributed by atoms with E-state index in [0.29, 0.717) is 28.4 Å². The van der Waals surface area contributed by atoms with Crippen LogP contribution < -0.4 is 14.9 Å². The van der Waals surface area contributed by atoms with Gasteiger partial charge in [0.15, 0.2) is 0 Å². The van der Waals surface area contributed by atoms with Gasteiger partial charge in [-0.05, 0) is 61.0 Å². The van der Waals surface area contributed by atoms with E-state index in [2.05, 4.69) is 15.2 Å². The molecule has 0 atom stereocenters. The summed E-state index contributed by atoms with van der Waals surface area (Å²) in [6.07, 6.45) is 0. The molecule has 3 aromatic rings. The van der Waals surface area contributed by atoms with E-state index in [1.165, 1.54) is 6.07 Å². The maximum atomic E-state index is 12.9. The lowest BCUT2D eigenvalue weighted by molar-refractivity contribution is 0.483. The molecule has 9 heteroatoms. The van der Waals surface area contributed by atoms with Crippen LogP contribution in [0.5, 0.6) is 11.5 Å². The second kappa shape index (κ2) is 9.44. The van der Waals surface area contributed by atoms with Gasteiger partial charge in [0.05, 0.1) is 10.6 Å². The van der Waals surface area contributed by atoms with Crippen molar-refractivity contribution in [1.82, 2.24) is 0 Å². The van der Waals surface area contributed by atoms with Crippen LogP contribution in [0.2, 0.25) is 0 Å². The predicted molar refractivity (Wildman–Crippen MR) is 117 cm³/mol. The van der Waals surface area contributed by atoms with Crippen molar-refractivity contribution in [1.29, 1.82) is 10.5 Å². The molecule has 0 bridgehead atoms. The Morgan fingerprint density at radius 1 is 0.903 bits per heavy atom. The second-order valence-electron chi connectivity index (χ2n) is 6.32. The van der Waals surface area contributed by atoms with E-state index in [1.54, 1.807) is 55.5 Å². The molecular formula is C22H17N5O3S. The van der Waals surface area contributed by atoms with Crippen LogP contribution in [-0.2, 0) is 10.0 Å². The molecule has 0 unspecified atom stereocenters. The Morgan fingerprint density at radius 2 is 1.52 bits per heavy atom. The first-order chi connectivity index (χ1) is 14.9. The van der Waals surface area contributed by atoms with Crippen LogP contribution in [0, 0.1) is 29.6 Å². The number of hydrogen-bond donors (Lipinski definition) is 2. The van der Waals surface area contributed by atoms with E-state index < -0.39 is 10.0 Å². The number of benzene rings is 3. The normalized spacial score (nSPS) is 10.3. The van der Waals surface area contributed by atoms with Crippen molar-refractivity contribution in [3.8, 4) is 23.6 Å². The number of hydrazone groups is 1. The summed E-state index contributed by atoms with van der Waals surface area (Å²) < 4.78 is 34.0. The number of nitrogens with zero attached hydrogens (tertiary/aromatic N) is 3. The molecule has 0 spiro atoms. The number of nitriles is 2. The Morgan fingerprint density at radius 3 is 2.16 bits per heavy atom. The lowest BCUT2D eigenvalue weighted by atomic mass is 10.2. The molecule has 0 aromatic heterocycles. The first-order valence-corrected chi connectivity index (χ1v) is 10.5. The van der Waals surface area contributed by atoms with Crippen molar-refractivity contribution in [2.75, 3.05) is 10.1 Å². The summed E-state index contributed by atoms with van der Waals surface area (Å²) >= 11 is 0. The number of ether oxygens (including phenoxy) is 1. The molecule has 2 N–H and O–H groups in total. The van der Waals surface area contributed by atoms with E-state index >= 15 is 0 Å². The molecule has 0 aliphatic heterocycles. The maximum absolute atomic E-state index is 12.9. The molecule has 0 aliphatic carbocycles. The quantitative estimate of drug-likeness (QED) is 0.421. The highest BCUT2D eigenvalue weighted by atomic mass is 32.2. The molecule has 0 aliphatic rings. The van der Waals surface area contributed by atoms with Gasteiger partial charge in [-0.15, -0.1) is 0 Å². The van der Waals surface area contributed by atoms with E-state index in [9.17, 15) is 8.42 Å². The third-order valence-corrected chi connectivity index (χ3v) is 5.59. The van der Waals surface area contributed by atoms with Gasteiger partial charge in [0.2, 0.25) is 5.71 Å². The summed E-state index contributed by atoms with van der Waals surface area (Å²) in [5.74, 6) is 1.24. The van der Waals surface area contributed by atoms with Crippen LogP contribution in [0.15, 0.2) is 82.8 Å². The van der Waals surface area contributed by atoms with Crippen LogP contribution in [0.25, 0.3) is 0 Å². The summed E-state index contributed by atoms with van der Waals surface area (Å²) in [6, 6.07) is 23.6.